The maximum absolute atomic E-state index is 14.4. The van der Waals surface area contributed by atoms with Crippen molar-refractivity contribution in [3.63, 3.8) is 0 Å². The van der Waals surface area contributed by atoms with E-state index < -0.39 is 5.82 Å². The maximum Gasteiger partial charge on any atom is 0.317 e. The highest BCUT2D eigenvalue weighted by molar-refractivity contribution is 5.94. The molecule has 2 N–H and O–H groups in total. The Kier molecular flexibility index (Phi) is 5.90. The molecule has 160 valence electrons. The van der Waals surface area contributed by atoms with Crippen LogP contribution in [0, 0.1) is 5.82 Å². The fourth-order valence-electron chi connectivity index (χ4n) is 4.82. The van der Waals surface area contributed by atoms with Crippen molar-refractivity contribution in [3.8, 4) is 0 Å². The molecule has 3 rings (SSSR count). The Morgan fingerprint density at radius 2 is 1.66 bits per heavy atom. The van der Waals surface area contributed by atoms with E-state index in [0.29, 0.717) is 37.4 Å². The molecule has 2 saturated heterocycles. The predicted octanol–water partition coefficient (Wildman–Crippen LogP) is 3.17. The van der Waals surface area contributed by atoms with Gasteiger partial charge in [0.25, 0.3) is 0 Å². The Hall–Kier alpha value is -2.15. The number of amides is 2. The van der Waals surface area contributed by atoms with Gasteiger partial charge in [0, 0.05) is 48.9 Å². The number of halogens is 1. The molecule has 0 saturated carbocycles. The number of nitrogens with one attached hydrogen (secondary N) is 2. The lowest BCUT2D eigenvalue weighted by Gasteiger charge is -2.47. The van der Waals surface area contributed by atoms with E-state index in [0.717, 1.165) is 12.8 Å². The largest absolute Gasteiger partial charge is 0.366 e. The Bertz CT molecular complexity index is 769. The van der Waals surface area contributed by atoms with E-state index in [-0.39, 0.29) is 28.9 Å². The van der Waals surface area contributed by atoms with Crippen LogP contribution >= 0.6 is 0 Å². The third kappa shape index (κ3) is 5.26. The summed E-state index contributed by atoms with van der Waals surface area (Å²) in [6.45, 7) is 12.3. The standard InChI is InChI=1S/C22H33FN4O2/c1-15(28)16-6-7-19(18(23)12-16)26-8-10-27(11-9-26)20(29)24-17-13-21(2,3)25-22(4,5)14-17/h6-7,12,17,25H,8-11,13-14H2,1-5H3,(H,24,29). The molecule has 2 aliphatic heterocycles. The highest BCUT2D eigenvalue weighted by Gasteiger charge is 2.38. The molecule has 2 fully saturated rings. The summed E-state index contributed by atoms with van der Waals surface area (Å²) in [5, 5.41) is 6.83. The zero-order valence-corrected chi connectivity index (χ0v) is 18.1. The molecule has 0 unspecified atom stereocenters. The van der Waals surface area contributed by atoms with Gasteiger partial charge in [-0.3, -0.25) is 4.79 Å². The number of carbonyl (C=O) groups is 2. The topological polar surface area (TPSA) is 64.7 Å². The van der Waals surface area contributed by atoms with E-state index in [4.69, 9.17) is 0 Å². The highest BCUT2D eigenvalue weighted by Crippen LogP contribution is 2.29. The minimum atomic E-state index is -0.394. The molecule has 29 heavy (non-hydrogen) atoms. The first-order valence-corrected chi connectivity index (χ1v) is 10.4. The van der Waals surface area contributed by atoms with Crippen LogP contribution in [-0.2, 0) is 0 Å². The SMILES string of the molecule is CC(=O)c1ccc(N2CCN(C(=O)NC3CC(C)(C)NC(C)(C)C3)CC2)c(F)c1. The summed E-state index contributed by atoms with van der Waals surface area (Å²) < 4.78 is 14.4. The second kappa shape index (κ2) is 7.94. The van der Waals surface area contributed by atoms with E-state index in [9.17, 15) is 14.0 Å². The first-order chi connectivity index (χ1) is 13.5. The summed E-state index contributed by atoms with van der Waals surface area (Å²) in [5.41, 5.74) is 0.804. The lowest BCUT2D eigenvalue weighted by atomic mass is 9.79. The summed E-state index contributed by atoms with van der Waals surface area (Å²) in [5.74, 6) is -0.545. The summed E-state index contributed by atoms with van der Waals surface area (Å²) in [4.78, 5) is 27.9. The molecule has 2 heterocycles. The van der Waals surface area contributed by atoms with Crippen LogP contribution in [0.4, 0.5) is 14.9 Å². The number of piperazine rings is 1. The minimum absolute atomic E-state index is 0.0258. The Labute approximate surface area is 172 Å². The van der Waals surface area contributed by atoms with Crippen molar-refractivity contribution >= 4 is 17.5 Å². The fourth-order valence-corrected chi connectivity index (χ4v) is 4.82. The molecule has 6 nitrogen and oxygen atoms in total. The molecule has 0 aliphatic carbocycles. The van der Waals surface area contributed by atoms with Gasteiger partial charge < -0.3 is 20.4 Å². The second-order valence-electron chi connectivity index (χ2n) is 9.64. The van der Waals surface area contributed by atoms with Crippen LogP contribution in [0.5, 0.6) is 0 Å². The van der Waals surface area contributed by atoms with Gasteiger partial charge in [-0.2, -0.15) is 0 Å². The van der Waals surface area contributed by atoms with Crippen LogP contribution < -0.4 is 15.5 Å². The number of carbonyl (C=O) groups excluding carboxylic acids is 2. The van der Waals surface area contributed by atoms with E-state index in [2.05, 4.69) is 38.3 Å². The molecule has 2 amide bonds. The van der Waals surface area contributed by atoms with Gasteiger partial charge in [0.05, 0.1) is 5.69 Å². The summed E-state index contributed by atoms with van der Waals surface area (Å²) in [7, 11) is 0. The van der Waals surface area contributed by atoms with E-state index in [1.54, 1.807) is 17.0 Å². The average molecular weight is 405 g/mol. The van der Waals surface area contributed by atoms with Crippen molar-refractivity contribution in [3.05, 3.63) is 29.6 Å². The molecular formula is C22H33FN4O2. The summed E-state index contributed by atoms with van der Waals surface area (Å²) in [6.07, 6.45) is 1.77. The van der Waals surface area contributed by atoms with Gasteiger partial charge in [0.1, 0.15) is 5.82 Å². The van der Waals surface area contributed by atoms with Gasteiger partial charge in [0.15, 0.2) is 5.78 Å². The Balaban J connectivity index is 1.57. The quantitative estimate of drug-likeness (QED) is 0.760. The lowest BCUT2D eigenvalue weighted by Crippen LogP contribution is -2.63. The summed E-state index contributed by atoms with van der Waals surface area (Å²) >= 11 is 0. The molecule has 7 heteroatoms. The molecule has 0 aromatic heterocycles. The minimum Gasteiger partial charge on any atom is -0.366 e. The molecule has 0 bridgehead atoms. The normalized spacial score (nSPS) is 21.7. The number of rotatable bonds is 3. The van der Waals surface area contributed by atoms with Crippen LogP contribution in [-0.4, -0.2) is 60.0 Å². The number of Topliss-reactive ketones (excluding diaryl/α,β-unsaturated/α-hetero) is 1. The first kappa shape index (κ1) is 21.6. The van der Waals surface area contributed by atoms with Crippen molar-refractivity contribution in [1.29, 1.82) is 0 Å². The monoisotopic (exact) mass is 404 g/mol. The molecule has 0 radical (unpaired) electrons. The van der Waals surface area contributed by atoms with Crippen molar-refractivity contribution in [1.82, 2.24) is 15.5 Å². The van der Waals surface area contributed by atoms with Crippen molar-refractivity contribution in [2.24, 2.45) is 0 Å². The van der Waals surface area contributed by atoms with Crippen molar-refractivity contribution in [2.75, 3.05) is 31.1 Å². The maximum atomic E-state index is 14.4. The smallest absolute Gasteiger partial charge is 0.317 e. The average Bonchev–Trinajstić information content (AvgIpc) is 2.59. The number of hydrogen-bond donors (Lipinski definition) is 2. The van der Waals surface area contributed by atoms with E-state index in [1.807, 2.05) is 4.90 Å². The van der Waals surface area contributed by atoms with Crippen LogP contribution in [0.15, 0.2) is 18.2 Å². The lowest BCUT2D eigenvalue weighted by molar-refractivity contribution is 0.101. The van der Waals surface area contributed by atoms with Gasteiger partial charge in [-0.05, 0) is 65.7 Å². The highest BCUT2D eigenvalue weighted by atomic mass is 19.1. The number of urea groups is 1. The van der Waals surface area contributed by atoms with Gasteiger partial charge in [-0.25, -0.2) is 9.18 Å². The number of anilines is 1. The van der Waals surface area contributed by atoms with E-state index >= 15 is 0 Å². The molecular weight excluding hydrogens is 371 g/mol. The number of ketones is 1. The van der Waals surface area contributed by atoms with Crippen molar-refractivity contribution < 1.29 is 14.0 Å². The first-order valence-electron chi connectivity index (χ1n) is 10.4. The van der Waals surface area contributed by atoms with Gasteiger partial charge in [-0.1, -0.05) is 0 Å². The second-order valence-corrected chi connectivity index (χ2v) is 9.64. The Morgan fingerprint density at radius 3 is 2.17 bits per heavy atom. The van der Waals surface area contributed by atoms with Crippen LogP contribution in [0.2, 0.25) is 0 Å². The van der Waals surface area contributed by atoms with Crippen LogP contribution in [0.3, 0.4) is 0 Å². The number of benzene rings is 1. The molecule has 0 spiro atoms. The summed E-state index contributed by atoms with van der Waals surface area (Å²) in [6, 6.07) is 4.68. The number of nitrogens with zero attached hydrogens (tertiary/aromatic N) is 2. The predicted molar refractivity (Wildman–Crippen MR) is 113 cm³/mol. The third-order valence-corrected chi connectivity index (χ3v) is 5.78. The van der Waals surface area contributed by atoms with Crippen LogP contribution in [0.25, 0.3) is 0 Å². The van der Waals surface area contributed by atoms with Gasteiger partial charge in [-0.15, -0.1) is 0 Å². The zero-order chi connectivity index (χ0) is 21.4. The molecule has 1 aromatic rings. The van der Waals surface area contributed by atoms with E-state index in [1.165, 1.54) is 13.0 Å². The molecule has 2 aliphatic rings. The zero-order valence-electron chi connectivity index (χ0n) is 18.1. The van der Waals surface area contributed by atoms with Crippen molar-refractivity contribution in [2.45, 2.75) is 64.6 Å². The fraction of sp³-hybridized carbons (Fsp3) is 0.636. The molecule has 1 aromatic carbocycles. The number of piperidine rings is 1. The number of hydrogen-bond acceptors (Lipinski definition) is 4. The third-order valence-electron chi connectivity index (χ3n) is 5.78. The molecule has 0 atom stereocenters. The Morgan fingerprint density at radius 1 is 1.07 bits per heavy atom. The van der Waals surface area contributed by atoms with Gasteiger partial charge in [0.2, 0.25) is 0 Å². The van der Waals surface area contributed by atoms with Crippen LogP contribution in [0.1, 0.15) is 57.8 Å². The van der Waals surface area contributed by atoms with Gasteiger partial charge >= 0.3 is 6.03 Å².